The zero-order valence-corrected chi connectivity index (χ0v) is 15.5. The van der Waals surface area contributed by atoms with E-state index in [1.165, 1.54) is 18.4 Å². The Morgan fingerprint density at radius 3 is 2.44 bits per heavy atom. The minimum absolute atomic E-state index is 0.651. The van der Waals surface area contributed by atoms with E-state index in [-0.39, 0.29) is 0 Å². The average Bonchev–Trinajstić information content (AvgIpc) is 3.29. The summed E-state index contributed by atoms with van der Waals surface area (Å²) in [7, 11) is 0. The van der Waals surface area contributed by atoms with Crippen molar-refractivity contribution in [2.75, 3.05) is 60.6 Å². The van der Waals surface area contributed by atoms with E-state index >= 15 is 0 Å². The molecule has 2 fully saturated rings. The minimum Gasteiger partial charge on any atom is -0.376 e. The molecule has 0 unspecified atom stereocenters. The summed E-state index contributed by atoms with van der Waals surface area (Å²) < 4.78 is 5.55. The Balaban J connectivity index is 1.26. The van der Waals surface area contributed by atoms with E-state index in [0.29, 0.717) is 6.61 Å². The van der Waals surface area contributed by atoms with Crippen LogP contribution in [0.1, 0.15) is 24.1 Å². The highest BCUT2D eigenvalue weighted by Crippen LogP contribution is 2.23. The van der Waals surface area contributed by atoms with Crippen LogP contribution in [0.5, 0.6) is 0 Å². The molecule has 3 aliphatic rings. The second kappa shape index (κ2) is 7.26. The van der Waals surface area contributed by atoms with Crippen molar-refractivity contribution in [2.24, 2.45) is 0 Å². The van der Waals surface area contributed by atoms with Gasteiger partial charge in [-0.3, -0.25) is 0 Å². The van der Waals surface area contributed by atoms with Crippen molar-refractivity contribution < 1.29 is 4.74 Å². The van der Waals surface area contributed by atoms with Gasteiger partial charge in [0.2, 0.25) is 5.95 Å². The van der Waals surface area contributed by atoms with Crippen molar-refractivity contribution in [3.05, 3.63) is 29.6 Å². The standard InChI is InChI=1S/C19H25N7O/c1-2-7-26(6-1)19-20-5-3-17(21-19)24-8-10-25(11-9-24)18-13-15-14-27-12-4-16(15)22-23-18/h3,5,13H,1-2,4,6-12,14H2. The molecule has 0 radical (unpaired) electrons. The number of nitrogens with zero attached hydrogens (tertiary/aromatic N) is 7. The van der Waals surface area contributed by atoms with Gasteiger partial charge in [0.15, 0.2) is 5.82 Å². The molecule has 5 heterocycles. The quantitative estimate of drug-likeness (QED) is 0.803. The zero-order chi connectivity index (χ0) is 18.1. The molecule has 0 saturated carbocycles. The molecule has 0 aromatic carbocycles. The molecule has 2 saturated heterocycles. The monoisotopic (exact) mass is 367 g/mol. The first-order chi connectivity index (χ1) is 13.4. The molecule has 27 heavy (non-hydrogen) atoms. The fourth-order valence-corrected chi connectivity index (χ4v) is 4.03. The number of aromatic nitrogens is 4. The molecular weight excluding hydrogens is 342 g/mol. The number of hydrogen-bond acceptors (Lipinski definition) is 8. The third kappa shape index (κ3) is 3.41. The lowest BCUT2D eigenvalue weighted by atomic mass is 10.1. The first-order valence-electron chi connectivity index (χ1n) is 9.88. The van der Waals surface area contributed by atoms with Gasteiger partial charge in [-0.05, 0) is 25.0 Å². The first kappa shape index (κ1) is 16.7. The number of hydrogen-bond donors (Lipinski definition) is 0. The van der Waals surface area contributed by atoms with Crippen LogP contribution in [0, 0.1) is 0 Å². The Kier molecular flexibility index (Phi) is 4.49. The number of piperazine rings is 1. The third-order valence-corrected chi connectivity index (χ3v) is 5.63. The summed E-state index contributed by atoms with van der Waals surface area (Å²) in [5.74, 6) is 2.85. The maximum absolute atomic E-state index is 5.55. The second-order valence-corrected chi connectivity index (χ2v) is 7.36. The van der Waals surface area contributed by atoms with Crippen LogP contribution in [0.4, 0.5) is 17.6 Å². The van der Waals surface area contributed by atoms with Crippen LogP contribution in [0.25, 0.3) is 0 Å². The fraction of sp³-hybridized carbons (Fsp3) is 0.579. The van der Waals surface area contributed by atoms with Crippen molar-refractivity contribution in [1.29, 1.82) is 0 Å². The van der Waals surface area contributed by atoms with E-state index in [4.69, 9.17) is 9.72 Å². The van der Waals surface area contributed by atoms with Crippen molar-refractivity contribution in [2.45, 2.75) is 25.9 Å². The van der Waals surface area contributed by atoms with Gasteiger partial charge >= 0.3 is 0 Å². The normalized spacial score (nSPS) is 20.1. The van der Waals surface area contributed by atoms with Crippen LogP contribution in [-0.4, -0.2) is 66.0 Å². The Morgan fingerprint density at radius 2 is 1.63 bits per heavy atom. The van der Waals surface area contributed by atoms with Crippen molar-refractivity contribution in [1.82, 2.24) is 20.2 Å². The van der Waals surface area contributed by atoms with E-state index in [2.05, 4.69) is 35.9 Å². The van der Waals surface area contributed by atoms with E-state index in [9.17, 15) is 0 Å². The molecule has 0 bridgehead atoms. The highest BCUT2D eigenvalue weighted by Gasteiger charge is 2.22. The third-order valence-electron chi connectivity index (χ3n) is 5.63. The summed E-state index contributed by atoms with van der Waals surface area (Å²) in [5.41, 5.74) is 2.26. The van der Waals surface area contributed by atoms with Gasteiger partial charge in [0, 0.05) is 57.4 Å². The first-order valence-corrected chi connectivity index (χ1v) is 9.88. The predicted molar refractivity (Wildman–Crippen MR) is 103 cm³/mol. The Labute approximate surface area is 159 Å². The van der Waals surface area contributed by atoms with Crippen molar-refractivity contribution in [3.8, 4) is 0 Å². The SMILES string of the molecule is c1cc(N2CCN(c3cc4c(nn3)CCOC4)CC2)nc(N2CCCC2)n1. The van der Waals surface area contributed by atoms with E-state index < -0.39 is 0 Å². The maximum atomic E-state index is 5.55. The molecule has 0 atom stereocenters. The van der Waals surface area contributed by atoms with Crippen LogP contribution >= 0.6 is 0 Å². The topological polar surface area (TPSA) is 70.5 Å². The van der Waals surface area contributed by atoms with Gasteiger partial charge in [0.25, 0.3) is 0 Å². The van der Waals surface area contributed by atoms with Crippen LogP contribution in [-0.2, 0) is 17.8 Å². The molecule has 2 aromatic heterocycles. The van der Waals surface area contributed by atoms with E-state index in [1.54, 1.807) is 0 Å². The second-order valence-electron chi connectivity index (χ2n) is 7.36. The smallest absolute Gasteiger partial charge is 0.227 e. The number of ether oxygens (including phenoxy) is 1. The van der Waals surface area contributed by atoms with Gasteiger partial charge in [-0.25, -0.2) is 4.98 Å². The van der Waals surface area contributed by atoms with Gasteiger partial charge < -0.3 is 19.4 Å². The molecule has 8 nitrogen and oxygen atoms in total. The summed E-state index contributed by atoms with van der Waals surface area (Å²) in [6.45, 7) is 7.21. The van der Waals surface area contributed by atoms with E-state index in [0.717, 1.165) is 75.6 Å². The molecule has 0 N–H and O–H groups in total. The maximum Gasteiger partial charge on any atom is 0.227 e. The largest absolute Gasteiger partial charge is 0.376 e. The molecule has 142 valence electrons. The van der Waals surface area contributed by atoms with Gasteiger partial charge in [0.1, 0.15) is 5.82 Å². The zero-order valence-electron chi connectivity index (χ0n) is 15.5. The Hall–Kier alpha value is -2.48. The summed E-state index contributed by atoms with van der Waals surface area (Å²) in [6.07, 6.45) is 5.22. The van der Waals surface area contributed by atoms with Crippen LogP contribution in [0.15, 0.2) is 18.3 Å². The lowest BCUT2D eigenvalue weighted by molar-refractivity contribution is 0.109. The Bertz CT molecular complexity index is 800. The number of fused-ring (bicyclic) bond motifs is 1. The predicted octanol–water partition coefficient (Wildman–Crippen LogP) is 1.27. The van der Waals surface area contributed by atoms with Gasteiger partial charge in [-0.2, -0.15) is 10.1 Å². The number of anilines is 3. The fourth-order valence-electron chi connectivity index (χ4n) is 4.03. The van der Waals surface area contributed by atoms with Crippen molar-refractivity contribution >= 4 is 17.6 Å². The van der Waals surface area contributed by atoms with Crippen LogP contribution in [0.2, 0.25) is 0 Å². The van der Waals surface area contributed by atoms with Gasteiger partial charge in [-0.1, -0.05) is 0 Å². The van der Waals surface area contributed by atoms with Crippen LogP contribution in [0.3, 0.4) is 0 Å². The lowest BCUT2D eigenvalue weighted by Gasteiger charge is -2.36. The molecule has 5 rings (SSSR count). The number of rotatable bonds is 3. The highest BCUT2D eigenvalue weighted by molar-refractivity contribution is 5.48. The molecule has 0 spiro atoms. The molecule has 8 heteroatoms. The lowest BCUT2D eigenvalue weighted by Crippen LogP contribution is -2.47. The van der Waals surface area contributed by atoms with Gasteiger partial charge in [0.05, 0.1) is 18.9 Å². The van der Waals surface area contributed by atoms with Crippen molar-refractivity contribution in [3.63, 3.8) is 0 Å². The minimum atomic E-state index is 0.651. The summed E-state index contributed by atoms with van der Waals surface area (Å²) >= 11 is 0. The molecule has 0 aliphatic carbocycles. The summed E-state index contributed by atoms with van der Waals surface area (Å²) in [4.78, 5) is 16.2. The molecular formula is C19H25N7O. The molecule has 0 amide bonds. The van der Waals surface area contributed by atoms with E-state index in [1.807, 2.05) is 12.3 Å². The molecule has 2 aromatic rings. The average molecular weight is 367 g/mol. The molecule has 3 aliphatic heterocycles. The highest BCUT2D eigenvalue weighted by atomic mass is 16.5. The Morgan fingerprint density at radius 1 is 0.852 bits per heavy atom. The summed E-state index contributed by atoms with van der Waals surface area (Å²) in [6, 6.07) is 4.17. The summed E-state index contributed by atoms with van der Waals surface area (Å²) in [5, 5.41) is 8.87. The van der Waals surface area contributed by atoms with Gasteiger partial charge in [-0.15, -0.1) is 5.10 Å². The van der Waals surface area contributed by atoms with Crippen LogP contribution < -0.4 is 14.7 Å².